The number of piperazine rings is 1. The number of carbonyl (C=O) groups excluding carboxylic acids is 2. The number of hydrogen-bond donors (Lipinski definition) is 2. The minimum Gasteiger partial charge on any atom is -0.340 e. The van der Waals surface area contributed by atoms with Gasteiger partial charge in [0.2, 0.25) is 11.8 Å². The van der Waals surface area contributed by atoms with E-state index in [-0.39, 0.29) is 40.9 Å². The molecule has 3 aliphatic rings. The summed E-state index contributed by atoms with van der Waals surface area (Å²) in [4.78, 5) is 27.1. The highest BCUT2D eigenvalue weighted by atomic mass is 35.5. The van der Waals surface area contributed by atoms with Crippen LogP contribution in [-0.4, -0.2) is 53.4 Å². The van der Waals surface area contributed by atoms with Gasteiger partial charge in [-0.3, -0.25) is 15.0 Å². The van der Waals surface area contributed by atoms with Crippen molar-refractivity contribution in [1.82, 2.24) is 15.3 Å². The van der Waals surface area contributed by atoms with Crippen molar-refractivity contribution < 1.29 is 14.0 Å². The van der Waals surface area contributed by atoms with Crippen LogP contribution in [0.15, 0.2) is 18.2 Å². The first-order valence-electron chi connectivity index (χ1n) is 9.00. The molecule has 6 nitrogen and oxygen atoms in total. The summed E-state index contributed by atoms with van der Waals surface area (Å²) in [5, 5.41) is 5.10. The molecule has 1 aromatic carbocycles. The van der Waals surface area contributed by atoms with E-state index in [0.29, 0.717) is 12.1 Å². The van der Waals surface area contributed by atoms with Crippen LogP contribution in [0.25, 0.3) is 0 Å². The fourth-order valence-corrected chi connectivity index (χ4v) is 4.72. The number of anilines is 1. The lowest BCUT2D eigenvalue weighted by Gasteiger charge is -2.50. The number of rotatable bonds is 2. The van der Waals surface area contributed by atoms with Gasteiger partial charge in [-0.25, -0.2) is 9.40 Å². The van der Waals surface area contributed by atoms with E-state index in [1.165, 1.54) is 18.2 Å². The number of likely N-dealkylation sites (N-methyl/N-ethyl adjacent to an activating group) is 1. The molecule has 3 fully saturated rings. The van der Waals surface area contributed by atoms with Gasteiger partial charge >= 0.3 is 0 Å². The monoisotopic (exact) mass is 380 g/mol. The quantitative estimate of drug-likeness (QED) is 0.823. The van der Waals surface area contributed by atoms with Crippen LogP contribution < -0.4 is 10.7 Å². The molecule has 4 atom stereocenters. The van der Waals surface area contributed by atoms with Crippen LogP contribution in [0.4, 0.5) is 10.1 Å². The normalized spacial score (nSPS) is 31.5. The fraction of sp³-hybridized carbons (Fsp3) is 0.556. The molecule has 0 bridgehead atoms. The Balaban J connectivity index is 1.47. The van der Waals surface area contributed by atoms with Crippen LogP contribution >= 0.6 is 11.6 Å². The molecule has 0 radical (unpaired) electrons. The summed E-state index contributed by atoms with van der Waals surface area (Å²) in [5.41, 5.74) is 3.75. The van der Waals surface area contributed by atoms with Gasteiger partial charge in [0.1, 0.15) is 11.9 Å². The molecular formula is C18H22ClFN4O2. The highest BCUT2D eigenvalue weighted by molar-refractivity contribution is 6.33. The lowest BCUT2D eigenvalue weighted by atomic mass is 9.79. The topological polar surface area (TPSA) is 64.7 Å². The van der Waals surface area contributed by atoms with Gasteiger partial charge in [0.05, 0.1) is 10.7 Å². The number of halogens is 2. The first-order chi connectivity index (χ1) is 12.5. The highest BCUT2D eigenvalue weighted by Crippen LogP contribution is 2.37. The highest BCUT2D eigenvalue weighted by Gasteiger charge is 2.50. The number of benzene rings is 1. The Morgan fingerprint density at radius 3 is 2.88 bits per heavy atom. The second-order valence-electron chi connectivity index (χ2n) is 7.33. The minimum absolute atomic E-state index is 0.0116. The maximum absolute atomic E-state index is 13.2. The standard InChI is InChI=1S/C18H22ClFN4O2/c1-23-16-8-10(17(25)22-13-4-3-11(20)9-12(13)19)2-5-14(16)24-15(18(23)26)6-7-21-24/h3-4,9-10,14-16,21H,2,5-8H2,1H3,(H,22,25). The van der Waals surface area contributed by atoms with Crippen LogP contribution in [0.3, 0.4) is 0 Å². The Morgan fingerprint density at radius 1 is 1.31 bits per heavy atom. The molecule has 2 N–H and O–H groups in total. The van der Waals surface area contributed by atoms with Crippen LogP contribution in [0.2, 0.25) is 5.02 Å². The predicted octanol–water partition coefficient (Wildman–Crippen LogP) is 2.01. The van der Waals surface area contributed by atoms with Gasteiger partial charge in [-0.2, -0.15) is 0 Å². The van der Waals surface area contributed by atoms with Gasteiger partial charge in [-0.15, -0.1) is 0 Å². The Morgan fingerprint density at radius 2 is 2.12 bits per heavy atom. The molecular weight excluding hydrogens is 359 g/mol. The third-order valence-electron chi connectivity index (χ3n) is 5.88. The van der Waals surface area contributed by atoms with E-state index in [2.05, 4.69) is 15.8 Å². The van der Waals surface area contributed by atoms with Crippen molar-refractivity contribution in [3.8, 4) is 0 Å². The van der Waals surface area contributed by atoms with E-state index in [4.69, 9.17) is 11.6 Å². The third-order valence-corrected chi connectivity index (χ3v) is 6.19. The predicted molar refractivity (Wildman–Crippen MR) is 96.0 cm³/mol. The number of nitrogens with one attached hydrogen (secondary N) is 2. The zero-order valence-corrected chi connectivity index (χ0v) is 15.3. The minimum atomic E-state index is -0.441. The van der Waals surface area contributed by atoms with Crippen LogP contribution in [0, 0.1) is 11.7 Å². The maximum Gasteiger partial charge on any atom is 0.241 e. The van der Waals surface area contributed by atoms with E-state index in [1.54, 1.807) is 0 Å². The van der Waals surface area contributed by atoms with E-state index < -0.39 is 5.82 Å². The molecule has 0 aromatic heterocycles. The zero-order chi connectivity index (χ0) is 18.4. The second-order valence-corrected chi connectivity index (χ2v) is 7.73. The largest absolute Gasteiger partial charge is 0.340 e. The molecule has 140 valence electrons. The average molecular weight is 381 g/mol. The van der Waals surface area contributed by atoms with Crippen molar-refractivity contribution in [3.05, 3.63) is 29.0 Å². The summed E-state index contributed by atoms with van der Waals surface area (Å²) in [6, 6.07) is 4.09. The Hall–Kier alpha value is -1.70. The van der Waals surface area contributed by atoms with Crippen molar-refractivity contribution >= 4 is 29.1 Å². The molecule has 1 aromatic rings. The SMILES string of the molecule is CN1C(=O)C2CCNN2C2CCC(C(=O)Nc3ccc(F)cc3Cl)CC21. The smallest absolute Gasteiger partial charge is 0.241 e. The van der Waals surface area contributed by atoms with Gasteiger partial charge < -0.3 is 10.2 Å². The number of hydrazine groups is 1. The van der Waals surface area contributed by atoms with Crippen LogP contribution in [0.1, 0.15) is 25.7 Å². The number of fused-ring (bicyclic) bond motifs is 3. The van der Waals surface area contributed by atoms with Crippen molar-refractivity contribution in [2.45, 2.75) is 43.8 Å². The van der Waals surface area contributed by atoms with E-state index in [9.17, 15) is 14.0 Å². The molecule has 8 heteroatoms. The lowest BCUT2D eigenvalue weighted by Crippen LogP contribution is -2.67. The molecule has 4 unspecified atom stereocenters. The fourth-order valence-electron chi connectivity index (χ4n) is 4.50. The molecule has 2 heterocycles. The summed E-state index contributed by atoms with van der Waals surface area (Å²) in [7, 11) is 1.84. The van der Waals surface area contributed by atoms with Gasteiger partial charge in [0.25, 0.3) is 0 Å². The molecule has 0 spiro atoms. The first-order valence-corrected chi connectivity index (χ1v) is 9.38. The van der Waals surface area contributed by atoms with Gasteiger partial charge in [0, 0.05) is 31.6 Å². The zero-order valence-electron chi connectivity index (χ0n) is 14.5. The van der Waals surface area contributed by atoms with E-state index in [0.717, 1.165) is 25.8 Å². The number of carbonyl (C=O) groups is 2. The van der Waals surface area contributed by atoms with Crippen LogP contribution in [-0.2, 0) is 9.59 Å². The number of hydrogen-bond acceptors (Lipinski definition) is 4. The summed E-state index contributed by atoms with van der Waals surface area (Å²) < 4.78 is 13.2. The second kappa shape index (κ2) is 6.79. The van der Waals surface area contributed by atoms with E-state index in [1.807, 2.05) is 11.9 Å². The van der Waals surface area contributed by atoms with Crippen molar-refractivity contribution in [3.63, 3.8) is 0 Å². The Bertz CT molecular complexity index is 746. The molecule has 4 rings (SSSR count). The van der Waals surface area contributed by atoms with Gasteiger partial charge in [-0.1, -0.05) is 11.6 Å². The molecule has 2 saturated heterocycles. The Labute approximate surface area is 156 Å². The average Bonchev–Trinajstić information content (AvgIpc) is 3.11. The summed E-state index contributed by atoms with van der Waals surface area (Å²) in [5.74, 6) is -0.650. The Kier molecular flexibility index (Phi) is 4.62. The van der Waals surface area contributed by atoms with Crippen molar-refractivity contribution in [1.29, 1.82) is 0 Å². The van der Waals surface area contributed by atoms with E-state index >= 15 is 0 Å². The van der Waals surface area contributed by atoms with Crippen molar-refractivity contribution in [2.24, 2.45) is 5.92 Å². The third kappa shape index (κ3) is 2.98. The van der Waals surface area contributed by atoms with Gasteiger partial charge in [0.15, 0.2) is 0 Å². The van der Waals surface area contributed by atoms with Gasteiger partial charge in [-0.05, 0) is 43.9 Å². The summed E-state index contributed by atoms with van der Waals surface area (Å²) >= 11 is 6.00. The summed E-state index contributed by atoms with van der Waals surface area (Å²) in [6.07, 6.45) is 3.04. The first kappa shape index (κ1) is 17.7. The molecule has 1 saturated carbocycles. The molecule has 26 heavy (non-hydrogen) atoms. The lowest BCUT2D eigenvalue weighted by molar-refractivity contribution is -0.153. The van der Waals surface area contributed by atoms with Crippen molar-refractivity contribution in [2.75, 3.05) is 18.9 Å². The summed E-state index contributed by atoms with van der Waals surface area (Å²) in [6.45, 7) is 0.820. The number of nitrogens with zero attached hydrogens (tertiary/aromatic N) is 2. The molecule has 2 aliphatic heterocycles. The number of amides is 2. The molecule has 2 amide bonds. The maximum atomic E-state index is 13.2. The van der Waals surface area contributed by atoms with Crippen LogP contribution in [0.5, 0.6) is 0 Å². The molecule has 1 aliphatic carbocycles.